The second-order valence-electron chi connectivity index (χ2n) is 8.29. The first-order valence-electron chi connectivity index (χ1n) is 10.2. The molecule has 5 nitrogen and oxygen atoms in total. The Morgan fingerprint density at radius 1 is 1.21 bits per heavy atom. The topological polar surface area (TPSA) is 73.6 Å². The van der Waals surface area contributed by atoms with Crippen molar-refractivity contribution in [2.75, 3.05) is 0 Å². The Kier molecular flexibility index (Phi) is 5.29. The molecule has 0 radical (unpaired) electrons. The number of hydrogen-bond acceptors (Lipinski definition) is 4. The number of aliphatic hydroxyl groups is 1. The zero-order valence-corrected chi connectivity index (χ0v) is 16.7. The highest BCUT2D eigenvalue weighted by atomic mass is 16.6. The maximum absolute atomic E-state index is 12.9. The van der Waals surface area contributed by atoms with Crippen molar-refractivity contribution in [3.8, 4) is 6.07 Å². The quantitative estimate of drug-likeness (QED) is 0.843. The molecule has 2 bridgehead atoms. The third kappa shape index (κ3) is 3.86. The van der Waals surface area contributed by atoms with Crippen molar-refractivity contribution >= 4 is 6.09 Å². The van der Waals surface area contributed by atoms with E-state index in [9.17, 15) is 15.2 Å². The predicted octanol–water partition coefficient (Wildman–Crippen LogP) is 4.41. The van der Waals surface area contributed by atoms with Crippen molar-refractivity contribution in [3.05, 3.63) is 70.8 Å². The molecule has 1 N–H and O–H groups in total. The summed E-state index contributed by atoms with van der Waals surface area (Å²) in [5, 5.41) is 21.1. The largest absolute Gasteiger partial charge is 0.445 e. The summed E-state index contributed by atoms with van der Waals surface area (Å²) in [6, 6.07) is 17.3. The van der Waals surface area contributed by atoms with Crippen molar-refractivity contribution < 1.29 is 14.6 Å². The molecule has 0 spiro atoms. The molecule has 0 aromatic heterocycles. The first kappa shape index (κ1) is 19.5. The summed E-state index contributed by atoms with van der Waals surface area (Å²) >= 11 is 0. The van der Waals surface area contributed by atoms with Gasteiger partial charge in [-0.15, -0.1) is 0 Å². The van der Waals surface area contributed by atoms with Crippen LogP contribution in [0, 0.1) is 18.3 Å². The Hall–Kier alpha value is -2.84. The highest BCUT2D eigenvalue weighted by Crippen LogP contribution is 2.45. The fraction of sp³-hybridized carbons (Fsp3) is 0.417. The van der Waals surface area contributed by atoms with Gasteiger partial charge in [-0.1, -0.05) is 48.0 Å². The third-order valence-corrected chi connectivity index (χ3v) is 6.22. The van der Waals surface area contributed by atoms with Gasteiger partial charge in [0.1, 0.15) is 6.61 Å². The summed E-state index contributed by atoms with van der Waals surface area (Å²) in [4.78, 5) is 14.7. The van der Waals surface area contributed by atoms with Crippen LogP contribution in [-0.4, -0.2) is 28.2 Å². The van der Waals surface area contributed by atoms with E-state index in [2.05, 4.69) is 6.07 Å². The molecule has 2 atom stereocenters. The number of benzene rings is 2. The normalized spacial score (nSPS) is 25.9. The lowest BCUT2D eigenvalue weighted by Gasteiger charge is -2.51. The van der Waals surface area contributed by atoms with E-state index in [1.165, 1.54) is 0 Å². The number of nitriles is 1. The number of rotatable bonds is 3. The fourth-order valence-electron chi connectivity index (χ4n) is 4.88. The minimum absolute atomic E-state index is 0.0807. The highest BCUT2D eigenvalue weighted by molar-refractivity contribution is 5.69. The lowest BCUT2D eigenvalue weighted by molar-refractivity contribution is -0.0897. The molecule has 150 valence electrons. The van der Waals surface area contributed by atoms with Gasteiger partial charge in [-0.05, 0) is 37.8 Å². The van der Waals surface area contributed by atoms with Crippen molar-refractivity contribution in [2.45, 2.75) is 63.3 Å². The first-order chi connectivity index (χ1) is 14.0. The third-order valence-electron chi connectivity index (χ3n) is 6.22. The summed E-state index contributed by atoms with van der Waals surface area (Å²) in [6.45, 7) is 2.21. The van der Waals surface area contributed by atoms with Gasteiger partial charge in [-0.2, -0.15) is 5.26 Å². The van der Waals surface area contributed by atoms with Crippen LogP contribution in [0.4, 0.5) is 4.79 Å². The van der Waals surface area contributed by atoms with Crippen molar-refractivity contribution in [3.63, 3.8) is 0 Å². The monoisotopic (exact) mass is 390 g/mol. The lowest BCUT2D eigenvalue weighted by Crippen LogP contribution is -2.59. The summed E-state index contributed by atoms with van der Waals surface area (Å²) in [5.41, 5.74) is 2.08. The molecule has 1 amide bonds. The van der Waals surface area contributed by atoms with Crippen LogP contribution in [0.25, 0.3) is 0 Å². The molecular weight excluding hydrogens is 364 g/mol. The Bertz CT molecular complexity index is 921. The maximum atomic E-state index is 12.9. The lowest BCUT2D eigenvalue weighted by atomic mass is 9.71. The second-order valence-corrected chi connectivity index (χ2v) is 8.29. The minimum Gasteiger partial charge on any atom is -0.445 e. The van der Waals surface area contributed by atoms with Gasteiger partial charge in [-0.25, -0.2) is 4.79 Å². The van der Waals surface area contributed by atoms with Crippen molar-refractivity contribution in [2.24, 2.45) is 0 Å². The van der Waals surface area contributed by atoms with E-state index < -0.39 is 5.60 Å². The average molecular weight is 390 g/mol. The SMILES string of the molecule is Cc1ccc(C#N)c(C2(O)CC3CCCC(C2)N3C(=O)OCc2ccccc2)c1. The summed E-state index contributed by atoms with van der Waals surface area (Å²) < 4.78 is 5.59. The molecule has 0 aliphatic carbocycles. The molecule has 2 aromatic rings. The van der Waals surface area contributed by atoms with E-state index in [1.807, 2.05) is 54.3 Å². The highest BCUT2D eigenvalue weighted by Gasteiger charge is 2.49. The minimum atomic E-state index is -1.09. The van der Waals surface area contributed by atoms with Crippen LogP contribution in [0.5, 0.6) is 0 Å². The molecule has 2 unspecified atom stereocenters. The molecule has 0 saturated carbocycles. The number of amides is 1. The maximum Gasteiger partial charge on any atom is 0.410 e. The number of hydrogen-bond donors (Lipinski definition) is 1. The molecule has 4 rings (SSSR count). The molecule has 2 aromatic carbocycles. The van der Waals surface area contributed by atoms with Crippen LogP contribution in [0.3, 0.4) is 0 Å². The van der Waals surface area contributed by atoms with Gasteiger partial charge in [0, 0.05) is 30.5 Å². The van der Waals surface area contributed by atoms with E-state index >= 15 is 0 Å². The first-order valence-corrected chi connectivity index (χ1v) is 10.2. The zero-order chi connectivity index (χ0) is 20.4. The molecule has 2 aliphatic heterocycles. The van der Waals surface area contributed by atoms with E-state index in [1.54, 1.807) is 6.07 Å². The summed E-state index contributed by atoms with van der Waals surface area (Å²) in [5.74, 6) is 0. The number of ether oxygens (including phenoxy) is 1. The number of nitrogens with zero attached hydrogens (tertiary/aromatic N) is 2. The fourth-order valence-corrected chi connectivity index (χ4v) is 4.88. The van der Waals surface area contributed by atoms with Gasteiger partial charge in [-0.3, -0.25) is 0 Å². The van der Waals surface area contributed by atoms with Gasteiger partial charge in [0.05, 0.1) is 17.2 Å². The number of fused-ring (bicyclic) bond motifs is 2. The molecule has 5 heteroatoms. The summed E-state index contributed by atoms with van der Waals surface area (Å²) in [6.07, 6.45) is 3.27. The number of aryl methyl sites for hydroxylation is 1. The number of piperidine rings is 2. The molecule has 29 heavy (non-hydrogen) atoms. The van der Waals surface area contributed by atoms with Crippen molar-refractivity contribution in [1.82, 2.24) is 4.90 Å². The van der Waals surface area contributed by atoms with Gasteiger partial charge >= 0.3 is 6.09 Å². The van der Waals surface area contributed by atoms with Gasteiger partial charge in [0.15, 0.2) is 0 Å². The second kappa shape index (κ2) is 7.88. The van der Waals surface area contributed by atoms with Gasteiger partial charge in [0.2, 0.25) is 0 Å². The zero-order valence-electron chi connectivity index (χ0n) is 16.7. The van der Waals surface area contributed by atoms with E-state index in [0.717, 1.165) is 30.4 Å². The molecule has 2 saturated heterocycles. The Balaban J connectivity index is 1.54. The van der Waals surface area contributed by atoms with Crippen LogP contribution >= 0.6 is 0 Å². The molecule has 2 fully saturated rings. The molecular formula is C24H26N2O3. The van der Waals surface area contributed by atoms with Gasteiger partial charge < -0.3 is 14.7 Å². The van der Waals surface area contributed by atoms with Crippen molar-refractivity contribution in [1.29, 1.82) is 5.26 Å². The van der Waals surface area contributed by atoms with Crippen LogP contribution in [-0.2, 0) is 16.9 Å². The molecule has 2 aliphatic rings. The van der Waals surface area contributed by atoms with E-state index in [0.29, 0.717) is 24.0 Å². The Morgan fingerprint density at radius 2 is 1.90 bits per heavy atom. The van der Waals surface area contributed by atoms with E-state index in [-0.39, 0.29) is 24.8 Å². The Morgan fingerprint density at radius 3 is 2.55 bits per heavy atom. The Labute approximate surface area is 171 Å². The molecule has 2 heterocycles. The van der Waals surface area contributed by atoms with Gasteiger partial charge in [0.25, 0.3) is 0 Å². The predicted molar refractivity (Wildman–Crippen MR) is 109 cm³/mol. The number of carbonyl (C=O) groups excluding carboxylic acids is 1. The van der Waals surface area contributed by atoms with E-state index in [4.69, 9.17) is 4.74 Å². The number of carbonyl (C=O) groups is 1. The van der Waals surface area contributed by atoms with Crippen LogP contribution in [0.1, 0.15) is 54.4 Å². The van der Waals surface area contributed by atoms with Crippen LogP contribution in [0.2, 0.25) is 0 Å². The average Bonchev–Trinajstić information content (AvgIpc) is 2.72. The van der Waals surface area contributed by atoms with Crippen LogP contribution in [0.15, 0.2) is 48.5 Å². The summed E-state index contributed by atoms with van der Waals surface area (Å²) in [7, 11) is 0. The van der Waals surface area contributed by atoms with Crippen LogP contribution < -0.4 is 0 Å². The standard InChI is InChI=1S/C24H26N2O3/c1-17-10-11-19(15-25)22(12-17)24(28)13-20-8-5-9-21(14-24)26(20)23(27)29-16-18-6-3-2-4-7-18/h2-4,6-7,10-12,20-21,28H,5,8-9,13-14,16H2,1H3. The smallest absolute Gasteiger partial charge is 0.410 e.